The number of nitrogen functional groups attached to an aromatic ring is 1. The molecule has 3 aromatic rings. The van der Waals surface area contributed by atoms with Crippen LogP contribution >= 0.6 is 0 Å². The van der Waals surface area contributed by atoms with Gasteiger partial charge in [0.05, 0.1) is 36.2 Å². The monoisotopic (exact) mass is 452 g/mol. The summed E-state index contributed by atoms with van der Waals surface area (Å²) in [5, 5.41) is 27.5. The third-order valence-corrected chi connectivity index (χ3v) is 5.98. The molecule has 1 aromatic heterocycles. The molecule has 33 heavy (non-hydrogen) atoms. The molecule has 3 heterocycles. The number of fused-ring (bicyclic) bond motifs is 1. The molecule has 0 amide bonds. The van der Waals surface area contributed by atoms with Gasteiger partial charge in [0.25, 0.3) is 0 Å². The molecule has 2 aromatic carbocycles. The minimum atomic E-state index is -0.999. The van der Waals surface area contributed by atoms with Gasteiger partial charge < -0.3 is 30.3 Å². The fourth-order valence-corrected chi connectivity index (χ4v) is 4.28. The molecule has 2 aliphatic heterocycles. The SMILES string of the molecule is Nc1nnc(-c2cc(F)ccc2O)cc1N1C[C@@H](c2ccc(C(=O)O)cc2)O[C@H]2COC[C@H]21. The summed E-state index contributed by atoms with van der Waals surface area (Å²) in [6.07, 6.45) is -0.601. The number of hydrogen-bond donors (Lipinski definition) is 3. The number of anilines is 2. The lowest BCUT2D eigenvalue weighted by Crippen LogP contribution is -2.52. The van der Waals surface area contributed by atoms with Crippen molar-refractivity contribution in [1.29, 1.82) is 0 Å². The van der Waals surface area contributed by atoms with Crippen LogP contribution in [-0.2, 0) is 9.47 Å². The fraction of sp³-hybridized carbons (Fsp3) is 0.261. The highest BCUT2D eigenvalue weighted by Gasteiger charge is 2.42. The van der Waals surface area contributed by atoms with Crippen molar-refractivity contribution in [3.05, 3.63) is 65.5 Å². The van der Waals surface area contributed by atoms with Crippen LogP contribution in [-0.4, -0.2) is 58.3 Å². The largest absolute Gasteiger partial charge is 0.507 e. The maximum atomic E-state index is 13.8. The van der Waals surface area contributed by atoms with Crippen LogP contribution in [0.2, 0.25) is 0 Å². The van der Waals surface area contributed by atoms with Crippen molar-refractivity contribution < 1.29 is 28.9 Å². The molecule has 2 saturated heterocycles. The van der Waals surface area contributed by atoms with Crippen molar-refractivity contribution in [2.75, 3.05) is 30.4 Å². The number of morpholine rings is 1. The van der Waals surface area contributed by atoms with Crippen LogP contribution in [0.25, 0.3) is 11.3 Å². The third-order valence-electron chi connectivity index (χ3n) is 5.98. The summed E-state index contributed by atoms with van der Waals surface area (Å²) >= 11 is 0. The van der Waals surface area contributed by atoms with Crippen LogP contribution in [0.4, 0.5) is 15.9 Å². The topological polar surface area (TPSA) is 131 Å². The number of carbonyl (C=O) groups is 1. The number of aromatic hydroxyl groups is 1. The number of nitrogens with two attached hydrogens (primary N) is 1. The molecule has 0 aliphatic carbocycles. The maximum Gasteiger partial charge on any atom is 0.335 e. The van der Waals surface area contributed by atoms with Gasteiger partial charge in [0.15, 0.2) is 5.82 Å². The number of carboxylic acids is 1. The van der Waals surface area contributed by atoms with Gasteiger partial charge in [-0.25, -0.2) is 9.18 Å². The Morgan fingerprint density at radius 3 is 2.67 bits per heavy atom. The van der Waals surface area contributed by atoms with Crippen LogP contribution in [0, 0.1) is 5.82 Å². The zero-order valence-electron chi connectivity index (χ0n) is 17.4. The second-order valence-corrected chi connectivity index (χ2v) is 8.01. The van der Waals surface area contributed by atoms with Gasteiger partial charge in [0, 0.05) is 12.1 Å². The molecular formula is C23H21FN4O5. The number of halogens is 1. The van der Waals surface area contributed by atoms with Crippen LogP contribution in [0.1, 0.15) is 22.0 Å². The molecule has 0 unspecified atom stereocenters. The first kappa shape index (κ1) is 21.1. The molecule has 9 nitrogen and oxygen atoms in total. The van der Waals surface area contributed by atoms with E-state index in [2.05, 4.69) is 10.2 Å². The number of aromatic nitrogens is 2. The Labute approximate surface area is 188 Å². The van der Waals surface area contributed by atoms with Crippen molar-refractivity contribution in [2.45, 2.75) is 18.2 Å². The molecular weight excluding hydrogens is 431 g/mol. The molecule has 170 valence electrons. The van der Waals surface area contributed by atoms with Gasteiger partial charge in [0.2, 0.25) is 0 Å². The normalized spacial score (nSPS) is 22.2. The number of hydrogen-bond acceptors (Lipinski definition) is 8. The highest BCUT2D eigenvalue weighted by Crippen LogP contribution is 2.38. The summed E-state index contributed by atoms with van der Waals surface area (Å²) in [4.78, 5) is 13.2. The van der Waals surface area contributed by atoms with Crippen LogP contribution in [0.3, 0.4) is 0 Å². The average Bonchev–Trinajstić information content (AvgIpc) is 3.29. The molecule has 0 radical (unpaired) electrons. The van der Waals surface area contributed by atoms with Crippen molar-refractivity contribution >= 4 is 17.5 Å². The number of nitrogens with zero attached hydrogens (tertiary/aromatic N) is 3. The van der Waals surface area contributed by atoms with Crippen molar-refractivity contribution in [3.8, 4) is 17.0 Å². The molecule has 10 heteroatoms. The first-order valence-corrected chi connectivity index (χ1v) is 10.4. The molecule has 0 bridgehead atoms. The Morgan fingerprint density at radius 2 is 1.91 bits per heavy atom. The summed E-state index contributed by atoms with van der Waals surface area (Å²) in [6.45, 7) is 1.24. The lowest BCUT2D eigenvalue weighted by atomic mass is 10.0. The zero-order chi connectivity index (χ0) is 23.1. The van der Waals surface area contributed by atoms with E-state index >= 15 is 0 Å². The number of aromatic carboxylic acids is 1. The standard InChI is InChI=1S/C23H21FN4O5/c24-14-5-6-19(29)15(7-14)16-8-17(22(25)27-26-16)28-9-20(33-21-11-32-10-18(21)28)12-1-3-13(4-2-12)23(30)31/h1-8,18,20-21,29H,9-11H2,(H2,25,27)(H,30,31)/t18-,20+,21+/m1/s1. The summed E-state index contributed by atoms with van der Waals surface area (Å²) in [6, 6.07) is 11.7. The van der Waals surface area contributed by atoms with Gasteiger partial charge >= 0.3 is 5.97 Å². The van der Waals surface area contributed by atoms with Crippen LogP contribution in [0.15, 0.2) is 48.5 Å². The predicted octanol–water partition coefficient (Wildman–Crippen LogP) is 2.61. The number of rotatable bonds is 4. The van der Waals surface area contributed by atoms with Gasteiger partial charge in [-0.05, 0) is 42.0 Å². The Hall–Kier alpha value is -3.76. The van der Waals surface area contributed by atoms with E-state index in [1.807, 2.05) is 4.90 Å². The molecule has 2 aliphatic rings. The Balaban J connectivity index is 1.51. The fourth-order valence-electron chi connectivity index (χ4n) is 4.28. The van der Waals surface area contributed by atoms with E-state index in [0.717, 1.165) is 11.6 Å². The zero-order valence-corrected chi connectivity index (χ0v) is 17.4. The smallest absolute Gasteiger partial charge is 0.335 e. The predicted molar refractivity (Wildman–Crippen MR) is 116 cm³/mol. The minimum Gasteiger partial charge on any atom is -0.507 e. The van der Waals surface area contributed by atoms with Gasteiger partial charge in [-0.1, -0.05) is 12.1 Å². The van der Waals surface area contributed by atoms with E-state index in [0.29, 0.717) is 25.4 Å². The average molecular weight is 452 g/mol. The van der Waals surface area contributed by atoms with E-state index in [4.69, 9.17) is 20.3 Å². The van der Waals surface area contributed by atoms with Crippen LogP contribution < -0.4 is 10.6 Å². The molecule has 2 fully saturated rings. The summed E-state index contributed by atoms with van der Waals surface area (Å²) in [7, 11) is 0. The first-order valence-electron chi connectivity index (χ1n) is 10.4. The molecule has 4 N–H and O–H groups in total. The van der Waals surface area contributed by atoms with Gasteiger partial charge in [-0.15, -0.1) is 10.2 Å². The van der Waals surface area contributed by atoms with Gasteiger partial charge in [0.1, 0.15) is 23.8 Å². The van der Waals surface area contributed by atoms with Crippen molar-refractivity contribution in [2.24, 2.45) is 0 Å². The Morgan fingerprint density at radius 1 is 1.12 bits per heavy atom. The highest BCUT2D eigenvalue weighted by atomic mass is 19.1. The molecule has 0 saturated carbocycles. The Bertz CT molecular complexity index is 1210. The quantitative estimate of drug-likeness (QED) is 0.547. The third kappa shape index (κ3) is 3.94. The Kier molecular flexibility index (Phi) is 5.31. The lowest BCUT2D eigenvalue weighted by molar-refractivity contribution is -0.0397. The van der Waals surface area contributed by atoms with E-state index in [1.54, 1.807) is 18.2 Å². The van der Waals surface area contributed by atoms with E-state index in [1.165, 1.54) is 24.3 Å². The van der Waals surface area contributed by atoms with Crippen LogP contribution in [0.5, 0.6) is 5.75 Å². The maximum absolute atomic E-state index is 13.8. The van der Waals surface area contributed by atoms with Gasteiger partial charge in [-0.2, -0.15) is 0 Å². The number of phenols is 1. The number of benzene rings is 2. The summed E-state index contributed by atoms with van der Waals surface area (Å²) in [5.41, 5.74) is 8.25. The molecule has 0 spiro atoms. The second kappa shape index (κ2) is 8.30. The van der Waals surface area contributed by atoms with E-state index in [9.17, 15) is 14.3 Å². The lowest BCUT2D eigenvalue weighted by Gasteiger charge is -2.42. The minimum absolute atomic E-state index is 0.123. The highest BCUT2D eigenvalue weighted by molar-refractivity contribution is 5.87. The van der Waals surface area contributed by atoms with E-state index < -0.39 is 11.8 Å². The second-order valence-electron chi connectivity index (χ2n) is 8.01. The number of carboxylic acid groups (broad SMARTS) is 1. The van der Waals surface area contributed by atoms with Gasteiger partial charge in [-0.3, -0.25) is 0 Å². The summed E-state index contributed by atoms with van der Waals surface area (Å²) < 4.78 is 25.7. The van der Waals surface area contributed by atoms with Crippen molar-refractivity contribution in [3.63, 3.8) is 0 Å². The van der Waals surface area contributed by atoms with Crippen molar-refractivity contribution in [1.82, 2.24) is 10.2 Å². The summed E-state index contributed by atoms with van der Waals surface area (Å²) in [5.74, 6) is -1.45. The molecule has 5 rings (SSSR count). The first-order chi connectivity index (χ1) is 15.9. The molecule has 3 atom stereocenters. The number of ether oxygens (including phenoxy) is 2. The number of phenolic OH excluding ortho intramolecular Hbond substituents is 1. The van der Waals surface area contributed by atoms with E-state index in [-0.39, 0.29) is 46.6 Å².